The van der Waals surface area contributed by atoms with Crippen LogP contribution in [0.5, 0.6) is 0 Å². The topological polar surface area (TPSA) is 134 Å². The largest absolute Gasteiger partial charge is 0.465 e. The molecule has 56 heavy (non-hydrogen) atoms. The number of carbonyl (C=O) groups is 5. The van der Waals surface area contributed by atoms with E-state index in [-0.39, 0.29) is 93.0 Å². The van der Waals surface area contributed by atoms with Crippen LogP contribution in [0, 0.1) is 17.8 Å². The Morgan fingerprint density at radius 2 is 1.25 bits per heavy atom. The first-order chi connectivity index (χ1) is 27.2. The number of hydrogen-bond acceptors (Lipinski definition) is 9. The van der Waals surface area contributed by atoms with Gasteiger partial charge in [0.2, 0.25) is 5.91 Å². The van der Waals surface area contributed by atoms with E-state index in [2.05, 4.69) is 29.6 Å². The van der Waals surface area contributed by atoms with E-state index in [1.807, 2.05) is 75.4 Å². The summed E-state index contributed by atoms with van der Waals surface area (Å²) in [5, 5.41) is 2.84. The molecule has 0 bridgehead atoms. The maximum Gasteiger partial charge on any atom is 0.305 e. The van der Waals surface area contributed by atoms with E-state index in [1.165, 1.54) is 22.3 Å². The van der Waals surface area contributed by atoms with Gasteiger partial charge in [0.05, 0.1) is 26.4 Å². The first-order valence-electron chi connectivity index (χ1n) is 20.1. The lowest BCUT2D eigenvalue weighted by Crippen LogP contribution is -2.34. The summed E-state index contributed by atoms with van der Waals surface area (Å²) in [6.45, 7) is 8.20. The first kappa shape index (κ1) is 44.2. The molecule has 0 saturated carbocycles. The number of benzene rings is 3. The molecular weight excluding hydrogens is 711 g/mol. The lowest BCUT2D eigenvalue weighted by atomic mass is 9.83. The van der Waals surface area contributed by atoms with Crippen LogP contribution in [0.4, 0.5) is 0 Å². The molecule has 0 radical (unpaired) electrons. The maximum absolute atomic E-state index is 13.5. The number of fused-ring (bicyclic) bond motifs is 3. The highest BCUT2D eigenvalue weighted by molar-refractivity contribution is 5.92. The van der Waals surface area contributed by atoms with Crippen LogP contribution in [-0.2, 0) is 49.3 Å². The van der Waals surface area contributed by atoms with Crippen LogP contribution in [0.15, 0.2) is 78.9 Å². The molecule has 1 aliphatic rings. The van der Waals surface area contributed by atoms with Gasteiger partial charge in [-0.25, -0.2) is 0 Å². The number of amides is 1. The molecule has 0 heterocycles. The SMILES string of the molecule is CCNC(=O)C(CC(=O)C(CC(=O)CCC(=O)COCCOCCOCCCC(=O)OCC1c2ccccc2-c2ccccc21)Cc1ccccc1)CC(C)C. The van der Waals surface area contributed by atoms with Crippen molar-refractivity contribution in [2.75, 3.05) is 52.8 Å². The fourth-order valence-electron chi connectivity index (χ4n) is 7.14. The van der Waals surface area contributed by atoms with Crippen molar-refractivity contribution in [2.45, 2.75) is 78.1 Å². The quantitative estimate of drug-likeness (QED) is 0.0607. The van der Waals surface area contributed by atoms with Crippen molar-refractivity contribution < 1.29 is 42.9 Å². The Morgan fingerprint density at radius 3 is 1.89 bits per heavy atom. The van der Waals surface area contributed by atoms with Gasteiger partial charge < -0.3 is 24.3 Å². The third kappa shape index (κ3) is 14.9. The Kier molecular flexibility index (Phi) is 19.1. The highest BCUT2D eigenvalue weighted by Crippen LogP contribution is 2.44. The monoisotopic (exact) mass is 769 g/mol. The van der Waals surface area contributed by atoms with Gasteiger partial charge in [0.1, 0.15) is 24.8 Å². The van der Waals surface area contributed by atoms with Crippen LogP contribution < -0.4 is 5.32 Å². The van der Waals surface area contributed by atoms with E-state index in [9.17, 15) is 24.0 Å². The molecule has 1 aliphatic carbocycles. The third-order valence-electron chi connectivity index (χ3n) is 9.91. The minimum Gasteiger partial charge on any atom is -0.465 e. The number of esters is 1. The molecule has 302 valence electrons. The first-order valence-corrected chi connectivity index (χ1v) is 20.1. The molecule has 10 heteroatoms. The minimum atomic E-state index is -0.567. The van der Waals surface area contributed by atoms with Crippen LogP contribution in [0.1, 0.15) is 88.3 Å². The fourth-order valence-corrected chi connectivity index (χ4v) is 7.14. The third-order valence-corrected chi connectivity index (χ3v) is 9.91. The number of hydrogen-bond donors (Lipinski definition) is 1. The standard InChI is InChI=1S/C46H59NO9/c1-4-47-46(52)36(27-33(2)3)30-44(50)35(28-34-13-6-5-7-14-34)29-37(48)20-21-38(49)31-55-26-25-54-24-23-53-22-12-19-45(51)56-32-43-41-17-10-8-15-39(41)40-16-9-11-18-42(40)43/h5-11,13-18,33,35-36,43H,4,12,19-32H2,1-3H3,(H,47,52). The summed E-state index contributed by atoms with van der Waals surface area (Å²) in [6, 6.07) is 26.0. The highest BCUT2D eigenvalue weighted by atomic mass is 16.5. The van der Waals surface area contributed by atoms with E-state index in [0.29, 0.717) is 52.2 Å². The second-order valence-corrected chi connectivity index (χ2v) is 14.9. The van der Waals surface area contributed by atoms with Gasteiger partial charge in [-0.3, -0.25) is 24.0 Å². The number of carbonyl (C=O) groups excluding carboxylic acids is 5. The minimum absolute atomic E-state index is 0.0248. The number of rotatable bonds is 28. The van der Waals surface area contributed by atoms with Gasteiger partial charge in [0, 0.05) is 63.0 Å². The lowest BCUT2D eigenvalue weighted by Gasteiger charge is -2.21. The molecule has 0 spiro atoms. The predicted molar refractivity (Wildman–Crippen MR) is 215 cm³/mol. The molecule has 0 fully saturated rings. The molecule has 2 unspecified atom stereocenters. The average Bonchev–Trinajstić information content (AvgIpc) is 3.51. The molecule has 0 saturated heterocycles. The smallest absolute Gasteiger partial charge is 0.305 e. The summed E-state index contributed by atoms with van der Waals surface area (Å²) >= 11 is 0. The molecule has 4 rings (SSSR count). The van der Waals surface area contributed by atoms with Crippen molar-refractivity contribution in [1.82, 2.24) is 5.32 Å². The van der Waals surface area contributed by atoms with Gasteiger partial charge >= 0.3 is 5.97 Å². The zero-order valence-electron chi connectivity index (χ0n) is 33.3. The van der Waals surface area contributed by atoms with Crippen molar-refractivity contribution in [3.8, 4) is 11.1 Å². The summed E-state index contributed by atoms with van der Waals surface area (Å²) in [4.78, 5) is 64.1. The highest BCUT2D eigenvalue weighted by Gasteiger charge is 2.30. The van der Waals surface area contributed by atoms with E-state index >= 15 is 0 Å². The van der Waals surface area contributed by atoms with Gasteiger partial charge in [0.25, 0.3) is 0 Å². The van der Waals surface area contributed by atoms with Crippen molar-refractivity contribution in [3.05, 3.63) is 95.6 Å². The Labute approximate surface area is 332 Å². The number of Topliss-reactive ketones (excluding diaryl/α,β-unsaturated/α-hetero) is 3. The molecule has 3 aromatic carbocycles. The van der Waals surface area contributed by atoms with E-state index in [0.717, 1.165) is 5.56 Å². The van der Waals surface area contributed by atoms with Crippen LogP contribution in [0.25, 0.3) is 11.1 Å². The second-order valence-electron chi connectivity index (χ2n) is 14.9. The zero-order valence-corrected chi connectivity index (χ0v) is 33.3. The van der Waals surface area contributed by atoms with Crippen molar-refractivity contribution in [1.29, 1.82) is 0 Å². The molecule has 2 atom stereocenters. The molecule has 1 N–H and O–H groups in total. The lowest BCUT2D eigenvalue weighted by molar-refractivity contribution is -0.144. The van der Waals surface area contributed by atoms with Gasteiger partial charge in [-0.05, 0) is 59.9 Å². The Bertz CT molecular complexity index is 1660. The number of nitrogens with one attached hydrogen (secondary N) is 1. The second kappa shape index (κ2) is 24.2. The Morgan fingerprint density at radius 1 is 0.661 bits per heavy atom. The molecule has 10 nitrogen and oxygen atoms in total. The summed E-state index contributed by atoms with van der Waals surface area (Å²) < 4.78 is 22.2. The average molecular weight is 770 g/mol. The summed E-state index contributed by atoms with van der Waals surface area (Å²) in [6.07, 6.45) is 1.98. The van der Waals surface area contributed by atoms with E-state index in [4.69, 9.17) is 18.9 Å². The van der Waals surface area contributed by atoms with Crippen molar-refractivity contribution in [3.63, 3.8) is 0 Å². The molecule has 3 aromatic rings. The summed E-state index contributed by atoms with van der Waals surface area (Å²) in [5.74, 6) is -1.57. The van der Waals surface area contributed by atoms with Crippen molar-refractivity contribution in [2.24, 2.45) is 17.8 Å². The van der Waals surface area contributed by atoms with Gasteiger partial charge in [-0.1, -0.05) is 92.7 Å². The van der Waals surface area contributed by atoms with Crippen molar-refractivity contribution >= 4 is 29.2 Å². The summed E-state index contributed by atoms with van der Waals surface area (Å²) in [7, 11) is 0. The number of ether oxygens (including phenoxy) is 4. The van der Waals surface area contributed by atoms with E-state index in [1.54, 1.807) is 0 Å². The van der Waals surface area contributed by atoms with Gasteiger partial charge in [0.15, 0.2) is 5.78 Å². The van der Waals surface area contributed by atoms with Crippen LogP contribution >= 0.6 is 0 Å². The molecule has 1 amide bonds. The van der Waals surface area contributed by atoms with E-state index < -0.39 is 11.8 Å². The fraction of sp³-hybridized carbons (Fsp3) is 0.500. The normalized spacial score (nSPS) is 13.1. The molecular formula is C46H59NO9. The molecule has 0 aliphatic heterocycles. The van der Waals surface area contributed by atoms with Gasteiger partial charge in [-0.2, -0.15) is 0 Å². The molecule has 0 aromatic heterocycles. The predicted octanol–water partition coefficient (Wildman–Crippen LogP) is 7.10. The number of ketones is 3. The van der Waals surface area contributed by atoms with Crippen LogP contribution in [0.3, 0.4) is 0 Å². The Hall–Kier alpha value is -4.51. The Balaban J connectivity index is 1.04. The zero-order chi connectivity index (χ0) is 40.1. The maximum atomic E-state index is 13.5. The van der Waals surface area contributed by atoms with Crippen LogP contribution in [0.2, 0.25) is 0 Å². The van der Waals surface area contributed by atoms with Crippen LogP contribution in [-0.4, -0.2) is 82.0 Å². The van der Waals surface area contributed by atoms with Gasteiger partial charge in [-0.15, -0.1) is 0 Å². The summed E-state index contributed by atoms with van der Waals surface area (Å²) in [5.41, 5.74) is 5.71.